The Bertz CT molecular complexity index is 1280. The van der Waals surface area contributed by atoms with E-state index in [1.54, 1.807) is 7.11 Å². The number of aryl methyl sites for hydroxylation is 1. The first-order chi connectivity index (χ1) is 16.1. The number of piperidine rings is 1. The number of carbonyl (C=O) groups is 1. The van der Waals surface area contributed by atoms with E-state index >= 15 is 0 Å². The first kappa shape index (κ1) is 21.3. The number of rotatable bonds is 5. The van der Waals surface area contributed by atoms with Gasteiger partial charge in [0, 0.05) is 41.8 Å². The molecular formula is C28H29N3O2. The van der Waals surface area contributed by atoms with Gasteiger partial charge in [-0.3, -0.25) is 9.78 Å². The van der Waals surface area contributed by atoms with Gasteiger partial charge in [0.25, 0.3) is 5.91 Å². The second kappa shape index (κ2) is 9.10. The molecule has 5 nitrogen and oxygen atoms in total. The van der Waals surface area contributed by atoms with Crippen molar-refractivity contribution >= 4 is 16.8 Å². The number of methoxy groups -OCH3 is 1. The second-order valence-corrected chi connectivity index (χ2v) is 8.93. The molecule has 0 spiro atoms. The van der Waals surface area contributed by atoms with Gasteiger partial charge in [-0.15, -0.1) is 0 Å². The number of amides is 1. The van der Waals surface area contributed by atoms with Crippen LogP contribution in [-0.4, -0.2) is 41.0 Å². The summed E-state index contributed by atoms with van der Waals surface area (Å²) >= 11 is 0. The molecule has 5 rings (SSSR count). The molecule has 4 aromatic rings. The monoisotopic (exact) mass is 439 g/mol. The smallest absolute Gasteiger partial charge is 0.270 e. The van der Waals surface area contributed by atoms with Crippen LogP contribution in [0.3, 0.4) is 0 Å². The minimum Gasteiger partial charge on any atom is -0.497 e. The highest BCUT2D eigenvalue weighted by atomic mass is 16.5. The van der Waals surface area contributed by atoms with E-state index in [-0.39, 0.29) is 11.8 Å². The molecular weight excluding hydrogens is 410 g/mol. The number of H-pyrrole nitrogens is 1. The first-order valence-corrected chi connectivity index (χ1v) is 11.6. The van der Waals surface area contributed by atoms with Crippen LogP contribution < -0.4 is 4.74 Å². The summed E-state index contributed by atoms with van der Waals surface area (Å²) in [6.45, 7) is 3.57. The number of nitrogens with one attached hydrogen (secondary N) is 1. The lowest BCUT2D eigenvalue weighted by Gasteiger charge is -2.32. The molecule has 2 aromatic carbocycles. The third kappa shape index (κ3) is 4.49. The molecule has 1 atom stereocenters. The van der Waals surface area contributed by atoms with E-state index < -0.39 is 0 Å². The van der Waals surface area contributed by atoms with Crippen LogP contribution in [0, 0.1) is 6.92 Å². The van der Waals surface area contributed by atoms with Crippen LogP contribution in [0.1, 0.15) is 51.6 Å². The Hall–Kier alpha value is -3.60. The maximum Gasteiger partial charge on any atom is 0.270 e. The van der Waals surface area contributed by atoms with E-state index in [4.69, 9.17) is 9.72 Å². The Morgan fingerprint density at radius 2 is 2.00 bits per heavy atom. The highest BCUT2D eigenvalue weighted by molar-refractivity contribution is 5.98. The molecule has 0 radical (unpaired) electrons. The van der Waals surface area contributed by atoms with E-state index in [0.29, 0.717) is 12.2 Å². The Kier molecular flexibility index (Phi) is 5.86. The van der Waals surface area contributed by atoms with Crippen LogP contribution in [0.15, 0.2) is 66.9 Å². The zero-order valence-electron chi connectivity index (χ0n) is 19.2. The number of aromatic nitrogens is 2. The Labute approximate surface area is 194 Å². The topological polar surface area (TPSA) is 58.2 Å². The molecule has 5 heteroatoms. The van der Waals surface area contributed by atoms with Crippen molar-refractivity contribution in [1.29, 1.82) is 0 Å². The summed E-state index contributed by atoms with van der Waals surface area (Å²) in [6, 6.07) is 20.5. The van der Waals surface area contributed by atoms with Crippen LogP contribution in [0.5, 0.6) is 5.75 Å². The van der Waals surface area contributed by atoms with Gasteiger partial charge in [-0.05, 0) is 73.2 Å². The second-order valence-electron chi connectivity index (χ2n) is 8.93. The normalized spacial score (nSPS) is 16.2. The standard InChI is InChI=1S/C28H29N3O2/c1-19-6-3-10-26-24(19)16-27(30-26)28(32)31-13-5-8-22(18-31)25-12-11-21(17-29-25)14-20-7-4-9-23(15-20)33-2/h3-4,6-7,9-12,15-17,22,30H,5,8,13-14,18H2,1-2H3/t22-/m1/s1. The molecule has 1 fully saturated rings. The van der Waals surface area contributed by atoms with Gasteiger partial charge in [0.05, 0.1) is 7.11 Å². The molecule has 1 N–H and O–H groups in total. The number of ether oxygens (including phenoxy) is 1. The van der Waals surface area contributed by atoms with Gasteiger partial charge in [-0.25, -0.2) is 0 Å². The van der Waals surface area contributed by atoms with Gasteiger partial charge >= 0.3 is 0 Å². The Balaban J connectivity index is 1.28. The van der Waals surface area contributed by atoms with Gasteiger partial charge in [0.2, 0.25) is 0 Å². The zero-order valence-corrected chi connectivity index (χ0v) is 19.2. The van der Waals surface area contributed by atoms with Gasteiger partial charge < -0.3 is 14.6 Å². The van der Waals surface area contributed by atoms with Crippen molar-refractivity contribution in [2.45, 2.75) is 32.1 Å². The van der Waals surface area contributed by atoms with Crippen molar-refractivity contribution in [2.24, 2.45) is 0 Å². The number of likely N-dealkylation sites (tertiary alicyclic amines) is 1. The summed E-state index contributed by atoms with van der Waals surface area (Å²) in [5, 5.41) is 1.11. The van der Waals surface area contributed by atoms with Crippen LogP contribution >= 0.6 is 0 Å². The van der Waals surface area contributed by atoms with Crippen molar-refractivity contribution in [2.75, 3.05) is 20.2 Å². The highest BCUT2D eigenvalue weighted by Gasteiger charge is 2.27. The highest BCUT2D eigenvalue weighted by Crippen LogP contribution is 2.28. The Morgan fingerprint density at radius 3 is 2.79 bits per heavy atom. The molecule has 0 aliphatic carbocycles. The zero-order chi connectivity index (χ0) is 22.8. The van der Waals surface area contributed by atoms with E-state index in [1.165, 1.54) is 16.7 Å². The van der Waals surface area contributed by atoms with Gasteiger partial charge in [-0.2, -0.15) is 0 Å². The Morgan fingerprint density at radius 1 is 1.12 bits per heavy atom. The fourth-order valence-electron chi connectivity index (χ4n) is 4.80. The fraction of sp³-hybridized carbons (Fsp3) is 0.286. The molecule has 0 bridgehead atoms. The van der Waals surface area contributed by atoms with Crippen molar-refractivity contribution in [3.8, 4) is 5.75 Å². The minimum atomic E-state index is 0.0740. The third-order valence-electron chi connectivity index (χ3n) is 6.63. The average molecular weight is 440 g/mol. The van der Waals surface area contributed by atoms with E-state index in [0.717, 1.165) is 48.2 Å². The van der Waals surface area contributed by atoms with Gasteiger partial charge in [0.15, 0.2) is 0 Å². The third-order valence-corrected chi connectivity index (χ3v) is 6.63. The molecule has 2 aromatic heterocycles. The van der Waals surface area contributed by atoms with Gasteiger partial charge in [-0.1, -0.05) is 30.3 Å². The maximum atomic E-state index is 13.2. The maximum absolute atomic E-state index is 13.2. The number of pyridine rings is 1. The van der Waals surface area contributed by atoms with Crippen LogP contribution in [0.2, 0.25) is 0 Å². The molecule has 1 saturated heterocycles. The van der Waals surface area contributed by atoms with E-state index in [9.17, 15) is 4.79 Å². The minimum absolute atomic E-state index is 0.0740. The molecule has 1 aliphatic heterocycles. The predicted octanol–water partition coefficient (Wildman–Crippen LogP) is 5.49. The average Bonchev–Trinajstić information content (AvgIpc) is 3.30. The summed E-state index contributed by atoms with van der Waals surface area (Å²) in [5.41, 5.74) is 6.30. The quantitative estimate of drug-likeness (QED) is 0.447. The van der Waals surface area contributed by atoms with Crippen molar-refractivity contribution in [3.63, 3.8) is 0 Å². The number of nitrogens with zero attached hydrogens (tertiary/aromatic N) is 2. The first-order valence-electron chi connectivity index (χ1n) is 11.6. The summed E-state index contributed by atoms with van der Waals surface area (Å²) in [6.07, 6.45) is 4.83. The lowest BCUT2D eigenvalue weighted by Crippen LogP contribution is -2.39. The summed E-state index contributed by atoms with van der Waals surface area (Å²) in [4.78, 5) is 23.3. The van der Waals surface area contributed by atoms with Crippen molar-refractivity contribution < 1.29 is 9.53 Å². The number of aromatic amines is 1. The number of hydrogen-bond donors (Lipinski definition) is 1. The summed E-state index contributed by atoms with van der Waals surface area (Å²) < 4.78 is 5.33. The van der Waals surface area contributed by atoms with Crippen molar-refractivity contribution in [3.05, 3.63) is 94.9 Å². The molecule has 1 amide bonds. The number of hydrogen-bond acceptors (Lipinski definition) is 3. The number of benzene rings is 2. The summed E-state index contributed by atoms with van der Waals surface area (Å²) in [7, 11) is 1.69. The predicted molar refractivity (Wildman–Crippen MR) is 131 cm³/mol. The van der Waals surface area contributed by atoms with E-state index in [1.807, 2.05) is 41.4 Å². The summed E-state index contributed by atoms with van der Waals surface area (Å²) in [5.74, 6) is 1.21. The molecule has 1 aliphatic rings. The van der Waals surface area contributed by atoms with Crippen LogP contribution in [0.4, 0.5) is 0 Å². The molecule has 3 heterocycles. The lowest BCUT2D eigenvalue weighted by molar-refractivity contribution is 0.0701. The van der Waals surface area contributed by atoms with E-state index in [2.05, 4.69) is 42.2 Å². The van der Waals surface area contributed by atoms with Crippen LogP contribution in [-0.2, 0) is 6.42 Å². The number of fused-ring (bicyclic) bond motifs is 1. The number of carbonyl (C=O) groups excluding carboxylic acids is 1. The van der Waals surface area contributed by atoms with Crippen LogP contribution in [0.25, 0.3) is 10.9 Å². The molecule has 0 saturated carbocycles. The molecule has 168 valence electrons. The SMILES string of the molecule is COc1cccc(Cc2ccc([C@@H]3CCCN(C(=O)c4cc5c(C)cccc5[nH]4)C3)nc2)c1. The largest absolute Gasteiger partial charge is 0.497 e. The van der Waals surface area contributed by atoms with Gasteiger partial charge in [0.1, 0.15) is 11.4 Å². The lowest BCUT2D eigenvalue weighted by atomic mass is 9.93. The fourth-order valence-corrected chi connectivity index (χ4v) is 4.80. The molecule has 0 unspecified atom stereocenters. The molecule has 33 heavy (non-hydrogen) atoms. The van der Waals surface area contributed by atoms with Crippen molar-refractivity contribution in [1.82, 2.24) is 14.9 Å².